The van der Waals surface area contributed by atoms with Crippen molar-refractivity contribution in [3.05, 3.63) is 34.9 Å². The molecule has 0 amide bonds. The van der Waals surface area contributed by atoms with Gasteiger partial charge in [-0.2, -0.15) is 0 Å². The molecule has 21 heavy (non-hydrogen) atoms. The van der Waals surface area contributed by atoms with Crippen LogP contribution in [0.5, 0.6) is 0 Å². The van der Waals surface area contributed by atoms with Gasteiger partial charge >= 0.3 is 0 Å². The fraction of sp³-hybridized carbons (Fsp3) is 0.667. The molecule has 0 aromatic heterocycles. The second kappa shape index (κ2) is 8.17. The zero-order valence-corrected chi connectivity index (χ0v) is 15.2. The molecule has 2 nitrogen and oxygen atoms in total. The lowest BCUT2D eigenvalue weighted by Gasteiger charge is -2.37. The van der Waals surface area contributed by atoms with E-state index in [0.29, 0.717) is 12.1 Å². The average molecular weight is 311 g/mol. The van der Waals surface area contributed by atoms with E-state index in [1.165, 1.54) is 12.0 Å². The van der Waals surface area contributed by atoms with E-state index in [0.717, 1.165) is 18.1 Å². The summed E-state index contributed by atoms with van der Waals surface area (Å²) < 4.78 is 0. The first-order valence-electron chi connectivity index (χ1n) is 7.96. The third-order valence-electron chi connectivity index (χ3n) is 4.41. The molecule has 0 heterocycles. The number of hydrogen-bond acceptors (Lipinski definition) is 2. The highest BCUT2D eigenvalue weighted by atomic mass is 35.5. The number of halogens is 1. The summed E-state index contributed by atoms with van der Waals surface area (Å²) >= 11 is 6.11. The minimum Gasteiger partial charge on any atom is -0.314 e. The van der Waals surface area contributed by atoms with Crippen LogP contribution in [0, 0.1) is 5.41 Å². The van der Waals surface area contributed by atoms with Crippen molar-refractivity contribution >= 4 is 11.6 Å². The van der Waals surface area contributed by atoms with E-state index in [2.05, 4.69) is 64.0 Å². The number of nitrogens with zero attached hydrogens (tertiary/aromatic N) is 1. The lowest BCUT2D eigenvalue weighted by atomic mass is 9.86. The Kier molecular flexibility index (Phi) is 7.19. The number of rotatable bonds is 8. The Hall–Kier alpha value is -0.570. The topological polar surface area (TPSA) is 15.3 Å². The fourth-order valence-electron chi connectivity index (χ4n) is 2.50. The van der Waals surface area contributed by atoms with E-state index >= 15 is 0 Å². The molecule has 0 bridgehead atoms. The Labute approximate surface area is 135 Å². The molecule has 3 heteroatoms. The molecule has 0 aliphatic heterocycles. The molecule has 2 atom stereocenters. The summed E-state index contributed by atoms with van der Waals surface area (Å²) in [5.41, 5.74) is 1.56. The van der Waals surface area contributed by atoms with Crippen LogP contribution in [0.15, 0.2) is 24.3 Å². The predicted molar refractivity (Wildman–Crippen MR) is 94.0 cm³/mol. The van der Waals surface area contributed by atoms with Gasteiger partial charge < -0.3 is 5.32 Å². The zero-order chi connectivity index (χ0) is 16.0. The second-order valence-corrected chi connectivity index (χ2v) is 7.28. The minimum atomic E-state index is 0.284. The van der Waals surface area contributed by atoms with E-state index in [4.69, 9.17) is 11.6 Å². The molecule has 0 aliphatic rings. The van der Waals surface area contributed by atoms with Crippen LogP contribution in [0.1, 0.15) is 52.6 Å². The largest absolute Gasteiger partial charge is 0.314 e. The van der Waals surface area contributed by atoms with Gasteiger partial charge in [0.2, 0.25) is 0 Å². The molecule has 1 rings (SSSR count). The van der Waals surface area contributed by atoms with Crippen molar-refractivity contribution < 1.29 is 0 Å². The van der Waals surface area contributed by atoms with Crippen LogP contribution in [0.2, 0.25) is 5.02 Å². The molecule has 0 saturated carbocycles. The summed E-state index contributed by atoms with van der Waals surface area (Å²) in [4.78, 5) is 2.43. The Bertz CT molecular complexity index is 433. The SMILES string of the molecule is CCC(C)(CNC(C)C)CN(C)C(C)c1cccc(Cl)c1. The van der Waals surface area contributed by atoms with Crippen molar-refractivity contribution in [1.82, 2.24) is 10.2 Å². The third-order valence-corrected chi connectivity index (χ3v) is 4.65. The molecule has 2 unspecified atom stereocenters. The maximum absolute atomic E-state index is 6.11. The van der Waals surface area contributed by atoms with E-state index in [1.807, 2.05) is 12.1 Å². The van der Waals surface area contributed by atoms with Crippen LogP contribution in [0.25, 0.3) is 0 Å². The predicted octanol–water partition coefficient (Wildman–Crippen LogP) is 4.75. The van der Waals surface area contributed by atoms with Gasteiger partial charge in [-0.1, -0.05) is 51.4 Å². The van der Waals surface area contributed by atoms with Crippen LogP contribution < -0.4 is 5.32 Å². The normalized spacial score (nSPS) is 16.2. The molecular formula is C18H31ClN2. The summed E-state index contributed by atoms with van der Waals surface area (Å²) in [7, 11) is 2.20. The Morgan fingerprint density at radius 1 is 1.29 bits per heavy atom. The first kappa shape index (κ1) is 18.5. The van der Waals surface area contributed by atoms with Crippen LogP contribution in [-0.4, -0.2) is 31.1 Å². The van der Waals surface area contributed by atoms with E-state index in [9.17, 15) is 0 Å². The van der Waals surface area contributed by atoms with Gasteiger partial charge in [0.15, 0.2) is 0 Å². The minimum absolute atomic E-state index is 0.284. The first-order chi connectivity index (χ1) is 9.77. The first-order valence-corrected chi connectivity index (χ1v) is 8.34. The fourth-order valence-corrected chi connectivity index (χ4v) is 2.70. The highest BCUT2D eigenvalue weighted by Gasteiger charge is 2.26. The number of benzene rings is 1. The zero-order valence-electron chi connectivity index (χ0n) is 14.4. The number of nitrogens with one attached hydrogen (secondary N) is 1. The van der Waals surface area contributed by atoms with Gasteiger partial charge in [-0.3, -0.25) is 4.90 Å². The molecule has 120 valence electrons. The van der Waals surface area contributed by atoms with Gasteiger partial charge in [0.05, 0.1) is 0 Å². The second-order valence-electron chi connectivity index (χ2n) is 6.85. The maximum Gasteiger partial charge on any atom is 0.0409 e. The molecule has 0 radical (unpaired) electrons. The van der Waals surface area contributed by atoms with Gasteiger partial charge in [0, 0.05) is 30.2 Å². The van der Waals surface area contributed by atoms with Crippen molar-refractivity contribution in [2.45, 2.75) is 53.1 Å². The summed E-state index contributed by atoms with van der Waals surface area (Å²) in [6.07, 6.45) is 1.17. The lowest BCUT2D eigenvalue weighted by molar-refractivity contribution is 0.145. The summed E-state index contributed by atoms with van der Waals surface area (Å²) in [5.74, 6) is 0. The van der Waals surface area contributed by atoms with E-state index in [-0.39, 0.29) is 5.41 Å². The van der Waals surface area contributed by atoms with Crippen molar-refractivity contribution in [3.63, 3.8) is 0 Å². The van der Waals surface area contributed by atoms with E-state index < -0.39 is 0 Å². The third kappa shape index (κ3) is 5.98. The van der Waals surface area contributed by atoms with Gasteiger partial charge in [-0.15, -0.1) is 0 Å². The Morgan fingerprint density at radius 3 is 2.48 bits per heavy atom. The van der Waals surface area contributed by atoms with Crippen molar-refractivity contribution in [1.29, 1.82) is 0 Å². The van der Waals surface area contributed by atoms with E-state index in [1.54, 1.807) is 0 Å². The Morgan fingerprint density at radius 2 is 1.95 bits per heavy atom. The van der Waals surface area contributed by atoms with Gasteiger partial charge in [0.25, 0.3) is 0 Å². The molecule has 0 fully saturated rings. The van der Waals surface area contributed by atoms with Gasteiger partial charge in [-0.05, 0) is 43.5 Å². The standard InChI is InChI=1S/C18H31ClN2/c1-7-18(5,12-20-14(2)3)13-21(6)15(4)16-9-8-10-17(19)11-16/h8-11,14-15,20H,7,12-13H2,1-6H3. The summed E-state index contributed by atoms with van der Waals surface area (Å²) in [5, 5.41) is 4.39. The van der Waals surface area contributed by atoms with Crippen LogP contribution >= 0.6 is 11.6 Å². The molecule has 1 aromatic rings. The van der Waals surface area contributed by atoms with Gasteiger partial charge in [0.1, 0.15) is 0 Å². The molecule has 0 saturated heterocycles. The molecular weight excluding hydrogens is 280 g/mol. The van der Waals surface area contributed by atoms with Crippen LogP contribution in [0.4, 0.5) is 0 Å². The molecule has 0 spiro atoms. The monoisotopic (exact) mass is 310 g/mol. The van der Waals surface area contributed by atoms with Crippen molar-refractivity contribution in [2.75, 3.05) is 20.1 Å². The summed E-state index contributed by atoms with van der Waals surface area (Å²) in [6, 6.07) is 9.09. The molecule has 1 aromatic carbocycles. The number of hydrogen-bond donors (Lipinski definition) is 1. The highest BCUT2D eigenvalue weighted by molar-refractivity contribution is 6.30. The lowest BCUT2D eigenvalue weighted by Crippen LogP contribution is -2.43. The van der Waals surface area contributed by atoms with Crippen LogP contribution in [-0.2, 0) is 0 Å². The van der Waals surface area contributed by atoms with Gasteiger partial charge in [-0.25, -0.2) is 0 Å². The van der Waals surface area contributed by atoms with Crippen molar-refractivity contribution in [3.8, 4) is 0 Å². The average Bonchev–Trinajstić information content (AvgIpc) is 2.44. The quantitative estimate of drug-likeness (QED) is 0.745. The maximum atomic E-state index is 6.11. The molecule has 0 aliphatic carbocycles. The smallest absolute Gasteiger partial charge is 0.0409 e. The van der Waals surface area contributed by atoms with Crippen molar-refractivity contribution in [2.24, 2.45) is 5.41 Å². The Balaban J connectivity index is 2.70. The summed E-state index contributed by atoms with van der Waals surface area (Å²) in [6.45, 7) is 13.4. The van der Waals surface area contributed by atoms with Crippen LogP contribution in [0.3, 0.4) is 0 Å². The highest BCUT2D eigenvalue weighted by Crippen LogP contribution is 2.27. The molecule has 1 N–H and O–H groups in total.